The molecule has 0 saturated heterocycles. The summed E-state index contributed by atoms with van der Waals surface area (Å²) in [6, 6.07) is 0. The zero-order valence-electron chi connectivity index (χ0n) is 7.54. The minimum atomic E-state index is -4.53. The van der Waals surface area contributed by atoms with Gasteiger partial charge < -0.3 is 9.79 Å². The third-order valence-corrected chi connectivity index (χ3v) is 3.40. The molecule has 0 aliphatic rings. The Labute approximate surface area is 85.1 Å². The Morgan fingerprint density at radius 1 is 1.38 bits per heavy atom. The highest BCUT2D eigenvalue weighted by Crippen LogP contribution is 2.39. The van der Waals surface area contributed by atoms with Crippen LogP contribution in [0.5, 0.6) is 0 Å². The molecule has 0 saturated carbocycles. The summed E-state index contributed by atoms with van der Waals surface area (Å²) >= 11 is 0. The molecule has 0 fully saturated rings. The average molecular weight is 248 g/mol. The van der Waals surface area contributed by atoms with Crippen molar-refractivity contribution in [2.45, 2.75) is 19.3 Å². The van der Waals surface area contributed by atoms with E-state index in [4.69, 9.17) is 9.79 Å². The molecule has 0 heterocycles. The number of hydrogen-bond donors (Lipinski definition) is 2. The van der Waals surface area contributed by atoms with Crippen LogP contribution < -0.4 is 0 Å². The molecule has 1 atom stereocenters. The largest absolute Gasteiger partial charge is 0.496 e. The van der Waals surface area contributed by atoms with E-state index in [-0.39, 0.29) is 11.4 Å². The zero-order chi connectivity index (χ0) is 10.5. The van der Waals surface area contributed by atoms with Gasteiger partial charge in [0, 0.05) is 0 Å². The second kappa shape index (κ2) is 6.29. The monoisotopic (exact) mass is 248 g/mol. The van der Waals surface area contributed by atoms with Gasteiger partial charge in [0.25, 0.3) is 0 Å². The van der Waals surface area contributed by atoms with Crippen LogP contribution in [-0.2, 0) is 14.1 Å². The van der Waals surface area contributed by atoms with E-state index in [1.165, 1.54) is 21.6 Å². The molecule has 0 spiro atoms. The van der Waals surface area contributed by atoms with Crippen LogP contribution in [0, 0.1) is 5.92 Å². The van der Waals surface area contributed by atoms with Crippen molar-refractivity contribution < 1.29 is 23.9 Å². The van der Waals surface area contributed by atoms with Gasteiger partial charge in [0.1, 0.15) is 0 Å². The lowest BCUT2D eigenvalue weighted by Crippen LogP contribution is -2.14. The van der Waals surface area contributed by atoms with Crippen LogP contribution in [-0.4, -0.2) is 21.5 Å². The smallest absolute Gasteiger partial charge is 0.301 e. The normalized spacial score (nSPS) is 14.9. The van der Waals surface area contributed by atoms with E-state index in [9.17, 15) is 4.57 Å². The van der Waals surface area contributed by atoms with E-state index in [1.54, 1.807) is 0 Å². The molecule has 0 bridgehead atoms. The highest BCUT2D eigenvalue weighted by atomic mass is 33.1. The lowest BCUT2D eigenvalue weighted by Gasteiger charge is -2.17. The van der Waals surface area contributed by atoms with Gasteiger partial charge in [-0.3, -0.25) is 0 Å². The summed E-state index contributed by atoms with van der Waals surface area (Å²) in [5, 5.41) is 0. The molecule has 0 aromatic carbocycles. The predicted molar refractivity (Wildman–Crippen MR) is 53.9 cm³/mol. The van der Waals surface area contributed by atoms with E-state index in [2.05, 4.69) is 9.56 Å². The van der Waals surface area contributed by atoms with Gasteiger partial charge in [0.2, 0.25) is 0 Å². The van der Waals surface area contributed by atoms with Gasteiger partial charge in [0.05, 0.1) is 0 Å². The summed E-state index contributed by atoms with van der Waals surface area (Å²) in [5.41, 5.74) is -0.386. The Kier molecular flexibility index (Phi) is 6.66. The Bertz CT molecular complexity index is 182. The number of rotatable bonds is 6. The standard InChI is InChI=1S/C5H13O5PS2/c1-4(2)5(13-12-3)9-10-11(6,7)8/h4-5H,1-3H3,(H2,6,7,8). The van der Waals surface area contributed by atoms with Gasteiger partial charge in [-0.15, -0.1) is 4.67 Å². The topological polar surface area (TPSA) is 76.0 Å². The van der Waals surface area contributed by atoms with E-state index < -0.39 is 7.82 Å². The minimum absolute atomic E-state index is 0.115. The van der Waals surface area contributed by atoms with E-state index in [0.29, 0.717) is 0 Å². The molecule has 0 amide bonds. The first-order valence-electron chi connectivity index (χ1n) is 3.47. The Hall–Kier alpha value is 0.770. The fourth-order valence-corrected chi connectivity index (χ4v) is 2.51. The molecule has 0 aliphatic carbocycles. The molecular weight excluding hydrogens is 235 g/mol. The zero-order valence-corrected chi connectivity index (χ0v) is 10.1. The van der Waals surface area contributed by atoms with Gasteiger partial charge in [0.15, 0.2) is 5.44 Å². The molecular formula is C5H13O5PS2. The summed E-state index contributed by atoms with van der Waals surface area (Å²) in [6.07, 6.45) is 1.85. The maximum atomic E-state index is 10.3. The van der Waals surface area contributed by atoms with Gasteiger partial charge in [-0.25, -0.2) is 9.45 Å². The number of phosphoric acid groups is 1. The van der Waals surface area contributed by atoms with Crippen LogP contribution in [0.15, 0.2) is 0 Å². The quantitative estimate of drug-likeness (QED) is 0.245. The van der Waals surface area contributed by atoms with Crippen molar-refractivity contribution in [1.82, 2.24) is 0 Å². The molecule has 13 heavy (non-hydrogen) atoms. The van der Waals surface area contributed by atoms with Crippen molar-refractivity contribution in [3.63, 3.8) is 0 Å². The first-order chi connectivity index (χ1) is 5.87. The van der Waals surface area contributed by atoms with Crippen LogP contribution in [0.4, 0.5) is 0 Å². The Balaban J connectivity index is 3.90. The van der Waals surface area contributed by atoms with E-state index >= 15 is 0 Å². The average Bonchev–Trinajstić information content (AvgIpc) is 1.95. The van der Waals surface area contributed by atoms with E-state index in [0.717, 1.165) is 0 Å². The maximum Gasteiger partial charge on any atom is 0.496 e. The molecule has 1 unspecified atom stereocenters. The van der Waals surface area contributed by atoms with Crippen LogP contribution in [0.1, 0.15) is 13.8 Å². The second-order valence-electron chi connectivity index (χ2n) is 2.54. The van der Waals surface area contributed by atoms with Crippen LogP contribution >= 0.6 is 29.4 Å². The summed E-state index contributed by atoms with van der Waals surface area (Å²) in [5.74, 6) is 0.115. The third-order valence-electron chi connectivity index (χ3n) is 0.970. The fourth-order valence-electron chi connectivity index (χ4n) is 0.432. The highest BCUT2D eigenvalue weighted by Gasteiger charge is 2.22. The SMILES string of the molecule is CSSC(OOP(=O)(O)O)C(C)C. The lowest BCUT2D eigenvalue weighted by molar-refractivity contribution is -0.240. The molecule has 5 nitrogen and oxygen atoms in total. The fraction of sp³-hybridized carbons (Fsp3) is 1.00. The summed E-state index contributed by atoms with van der Waals surface area (Å²) in [6.45, 7) is 3.74. The van der Waals surface area contributed by atoms with Crippen molar-refractivity contribution in [1.29, 1.82) is 0 Å². The molecule has 0 aromatic heterocycles. The number of hydrogen-bond acceptors (Lipinski definition) is 5. The first kappa shape index (κ1) is 13.8. The maximum absolute atomic E-state index is 10.3. The minimum Gasteiger partial charge on any atom is -0.301 e. The summed E-state index contributed by atoms with van der Waals surface area (Å²) < 4.78 is 14.2. The summed E-state index contributed by atoms with van der Waals surface area (Å²) in [4.78, 5) is 21.3. The Morgan fingerprint density at radius 2 is 1.92 bits per heavy atom. The molecule has 2 N–H and O–H groups in total. The molecule has 0 radical (unpaired) electrons. The van der Waals surface area contributed by atoms with Gasteiger partial charge in [-0.05, 0) is 12.2 Å². The third kappa shape index (κ3) is 7.81. The van der Waals surface area contributed by atoms with Crippen molar-refractivity contribution in [2.75, 3.05) is 6.26 Å². The van der Waals surface area contributed by atoms with Crippen molar-refractivity contribution in [3.05, 3.63) is 0 Å². The first-order valence-corrected chi connectivity index (χ1v) is 7.62. The Morgan fingerprint density at radius 3 is 2.23 bits per heavy atom. The molecule has 0 rings (SSSR count). The molecule has 0 aromatic rings. The summed E-state index contributed by atoms with van der Waals surface area (Å²) in [7, 11) is -1.73. The molecule has 0 aliphatic heterocycles. The predicted octanol–water partition coefficient (Wildman–Crippen LogP) is 2.02. The van der Waals surface area contributed by atoms with Crippen molar-refractivity contribution in [3.8, 4) is 0 Å². The highest BCUT2D eigenvalue weighted by molar-refractivity contribution is 8.76. The van der Waals surface area contributed by atoms with Crippen molar-refractivity contribution in [2.24, 2.45) is 5.92 Å². The van der Waals surface area contributed by atoms with Gasteiger partial charge >= 0.3 is 7.82 Å². The second-order valence-corrected chi connectivity index (χ2v) is 6.23. The van der Waals surface area contributed by atoms with Crippen molar-refractivity contribution >= 4 is 29.4 Å². The lowest BCUT2D eigenvalue weighted by atomic mass is 10.2. The van der Waals surface area contributed by atoms with Gasteiger partial charge in [-0.2, -0.15) is 0 Å². The van der Waals surface area contributed by atoms with Crippen LogP contribution in [0.2, 0.25) is 0 Å². The van der Waals surface area contributed by atoms with Crippen LogP contribution in [0.25, 0.3) is 0 Å². The van der Waals surface area contributed by atoms with Gasteiger partial charge in [-0.1, -0.05) is 35.4 Å². The van der Waals surface area contributed by atoms with E-state index in [1.807, 2.05) is 20.1 Å². The molecule has 8 heteroatoms. The molecule has 80 valence electrons. The van der Waals surface area contributed by atoms with Crippen LogP contribution in [0.3, 0.4) is 0 Å².